The third kappa shape index (κ3) is 5.39. The third-order valence-corrected chi connectivity index (χ3v) is 3.49. The minimum atomic E-state index is -1.33. The van der Waals surface area contributed by atoms with Crippen molar-refractivity contribution in [3.8, 4) is 0 Å². The van der Waals surface area contributed by atoms with Gasteiger partial charge in [-0.3, -0.25) is 4.21 Å². The van der Waals surface area contributed by atoms with Gasteiger partial charge in [0.1, 0.15) is 5.82 Å². The van der Waals surface area contributed by atoms with E-state index in [0.717, 1.165) is 6.42 Å². The molecule has 0 amide bonds. The lowest BCUT2D eigenvalue weighted by molar-refractivity contribution is 0.112. The van der Waals surface area contributed by atoms with Crippen molar-refractivity contribution in [2.24, 2.45) is 0 Å². The molecule has 5 heteroatoms. The van der Waals surface area contributed by atoms with Crippen LogP contribution in [0.15, 0.2) is 29.2 Å². The van der Waals surface area contributed by atoms with Gasteiger partial charge in [0.05, 0.1) is 28.1 Å². The molecule has 1 aromatic carbocycles. The molecular weight excluding hydrogens is 243 g/mol. The molecule has 0 aliphatic carbocycles. The molecule has 0 aliphatic rings. The van der Waals surface area contributed by atoms with Crippen molar-refractivity contribution in [3.05, 3.63) is 30.1 Å². The molecule has 0 aromatic heterocycles. The second-order valence-electron chi connectivity index (χ2n) is 3.44. The second-order valence-corrected chi connectivity index (χ2v) is 4.98. The predicted octanol–water partition coefficient (Wildman–Crippen LogP) is 1.99. The van der Waals surface area contributed by atoms with Crippen LogP contribution < -0.4 is 0 Å². The zero-order chi connectivity index (χ0) is 12.5. The summed E-state index contributed by atoms with van der Waals surface area (Å²) in [6.45, 7) is 1.59. The maximum absolute atomic E-state index is 13.3. The summed E-state index contributed by atoms with van der Waals surface area (Å²) >= 11 is 0. The van der Waals surface area contributed by atoms with Gasteiger partial charge in [0.15, 0.2) is 0 Å². The van der Waals surface area contributed by atoms with Crippen LogP contribution in [-0.4, -0.2) is 36.9 Å². The van der Waals surface area contributed by atoms with Gasteiger partial charge in [0.25, 0.3) is 0 Å². The van der Waals surface area contributed by atoms with E-state index in [1.165, 1.54) is 12.1 Å². The zero-order valence-electron chi connectivity index (χ0n) is 9.86. The minimum Gasteiger partial charge on any atom is -0.385 e. The van der Waals surface area contributed by atoms with Crippen LogP contribution >= 0.6 is 0 Å². The fraction of sp³-hybridized carbons (Fsp3) is 0.500. The topological polar surface area (TPSA) is 35.5 Å². The second kappa shape index (κ2) is 8.33. The van der Waals surface area contributed by atoms with Crippen molar-refractivity contribution in [2.75, 3.05) is 32.7 Å². The molecule has 1 atom stereocenters. The molecule has 17 heavy (non-hydrogen) atoms. The van der Waals surface area contributed by atoms with Gasteiger partial charge in [-0.2, -0.15) is 0 Å². The molecule has 1 aromatic rings. The lowest BCUT2D eigenvalue weighted by atomic mass is 10.3. The Bertz CT molecular complexity index is 357. The first kappa shape index (κ1) is 14.3. The minimum absolute atomic E-state index is 0.244. The molecule has 0 N–H and O–H groups in total. The van der Waals surface area contributed by atoms with Crippen molar-refractivity contribution in [3.63, 3.8) is 0 Å². The number of benzene rings is 1. The first-order valence-electron chi connectivity index (χ1n) is 5.45. The van der Waals surface area contributed by atoms with Gasteiger partial charge in [-0.05, 0) is 18.6 Å². The molecule has 0 saturated heterocycles. The molecule has 1 unspecified atom stereocenters. The van der Waals surface area contributed by atoms with E-state index in [9.17, 15) is 8.60 Å². The Morgan fingerprint density at radius 3 is 2.71 bits per heavy atom. The maximum atomic E-state index is 13.3. The lowest BCUT2D eigenvalue weighted by Gasteiger charge is -2.05. The van der Waals surface area contributed by atoms with Crippen LogP contribution in [0.1, 0.15) is 6.42 Å². The summed E-state index contributed by atoms with van der Waals surface area (Å²) in [7, 11) is 0.299. The van der Waals surface area contributed by atoms with Gasteiger partial charge >= 0.3 is 0 Å². The Hall–Kier alpha value is -0.780. The normalized spacial score (nSPS) is 12.6. The molecule has 0 radical (unpaired) electrons. The predicted molar refractivity (Wildman–Crippen MR) is 65.0 cm³/mol. The summed E-state index contributed by atoms with van der Waals surface area (Å²) in [6.07, 6.45) is 0.808. The van der Waals surface area contributed by atoms with Gasteiger partial charge in [-0.25, -0.2) is 4.39 Å². The van der Waals surface area contributed by atoms with Crippen molar-refractivity contribution in [1.29, 1.82) is 0 Å². The summed E-state index contributed by atoms with van der Waals surface area (Å²) in [4.78, 5) is 0.244. The Balaban J connectivity index is 2.24. The van der Waals surface area contributed by atoms with Gasteiger partial charge in [0, 0.05) is 20.3 Å². The van der Waals surface area contributed by atoms with Crippen LogP contribution in [0.3, 0.4) is 0 Å². The molecule has 3 nitrogen and oxygen atoms in total. The molecule has 0 aliphatic heterocycles. The average Bonchev–Trinajstić information content (AvgIpc) is 2.34. The Labute approximate surface area is 103 Å². The summed E-state index contributed by atoms with van der Waals surface area (Å²) in [5, 5.41) is 0. The van der Waals surface area contributed by atoms with Crippen LogP contribution in [0.5, 0.6) is 0 Å². The SMILES string of the molecule is COCCCOCCS(=O)c1ccccc1F. The highest BCUT2D eigenvalue weighted by molar-refractivity contribution is 7.85. The molecule has 0 saturated carbocycles. The average molecular weight is 260 g/mol. The van der Waals surface area contributed by atoms with Crippen LogP contribution in [-0.2, 0) is 20.3 Å². The molecule has 0 heterocycles. The first-order valence-corrected chi connectivity index (χ1v) is 6.77. The fourth-order valence-corrected chi connectivity index (χ4v) is 2.29. The van der Waals surface area contributed by atoms with Crippen LogP contribution in [0.2, 0.25) is 0 Å². The molecular formula is C12H17FO3S. The standard InChI is InChI=1S/C12H17FO3S/c1-15-7-4-8-16-9-10-17(14)12-6-3-2-5-11(12)13/h2-3,5-6H,4,7-10H2,1H3. The lowest BCUT2D eigenvalue weighted by Crippen LogP contribution is -2.09. The highest BCUT2D eigenvalue weighted by atomic mass is 32.2. The molecule has 96 valence electrons. The Kier molecular flexibility index (Phi) is 7.00. The van der Waals surface area contributed by atoms with Gasteiger partial charge < -0.3 is 9.47 Å². The van der Waals surface area contributed by atoms with E-state index in [0.29, 0.717) is 25.6 Å². The van der Waals surface area contributed by atoms with Crippen LogP contribution in [0.25, 0.3) is 0 Å². The number of rotatable bonds is 8. The monoisotopic (exact) mass is 260 g/mol. The van der Waals surface area contributed by atoms with Crippen LogP contribution in [0, 0.1) is 5.82 Å². The molecule has 0 bridgehead atoms. The number of halogens is 1. The number of methoxy groups -OCH3 is 1. The highest BCUT2D eigenvalue weighted by Gasteiger charge is 2.08. The van der Waals surface area contributed by atoms with E-state index in [1.54, 1.807) is 19.2 Å². The molecule has 1 rings (SSSR count). The summed E-state index contributed by atoms with van der Waals surface area (Å²) in [6, 6.07) is 6.11. The van der Waals surface area contributed by atoms with E-state index in [4.69, 9.17) is 9.47 Å². The summed E-state index contributed by atoms with van der Waals surface area (Å²) < 4.78 is 35.1. The Morgan fingerprint density at radius 2 is 2.00 bits per heavy atom. The number of ether oxygens (including phenoxy) is 2. The number of hydrogen-bond acceptors (Lipinski definition) is 3. The van der Waals surface area contributed by atoms with Gasteiger partial charge in [0.2, 0.25) is 0 Å². The quantitative estimate of drug-likeness (QED) is 0.671. The van der Waals surface area contributed by atoms with Crippen molar-refractivity contribution < 1.29 is 18.1 Å². The van der Waals surface area contributed by atoms with E-state index < -0.39 is 16.6 Å². The van der Waals surface area contributed by atoms with Gasteiger partial charge in [-0.15, -0.1) is 0 Å². The highest BCUT2D eigenvalue weighted by Crippen LogP contribution is 2.11. The fourth-order valence-electron chi connectivity index (χ4n) is 1.28. The van der Waals surface area contributed by atoms with Gasteiger partial charge in [-0.1, -0.05) is 12.1 Å². The first-order chi connectivity index (χ1) is 8.25. The third-order valence-electron chi connectivity index (χ3n) is 2.13. The number of hydrogen-bond donors (Lipinski definition) is 0. The summed E-state index contributed by atoms with van der Waals surface area (Å²) in [5.74, 6) is -0.112. The van der Waals surface area contributed by atoms with E-state index >= 15 is 0 Å². The van der Waals surface area contributed by atoms with Crippen molar-refractivity contribution >= 4 is 10.8 Å². The van der Waals surface area contributed by atoms with E-state index in [-0.39, 0.29) is 4.90 Å². The molecule has 0 spiro atoms. The summed E-state index contributed by atoms with van der Waals surface area (Å²) in [5.41, 5.74) is 0. The van der Waals surface area contributed by atoms with E-state index in [1.807, 2.05) is 0 Å². The van der Waals surface area contributed by atoms with E-state index in [2.05, 4.69) is 0 Å². The van der Waals surface area contributed by atoms with Crippen LogP contribution in [0.4, 0.5) is 4.39 Å². The van der Waals surface area contributed by atoms with Crippen molar-refractivity contribution in [2.45, 2.75) is 11.3 Å². The largest absolute Gasteiger partial charge is 0.385 e. The van der Waals surface area contributed by atoms with Crippen molar-refractivity contribution in [1.82, 2.24) is 0 Å². The zero-order valence-corrected chi connectivity index (χ0v) is 10.7. The maximum Gasteiger partial charge on any atom is 0.139 e. The smallest absolute Gasteiger partial charge is 0.139 e. The Morgan fingerprint density at radius 1 is 1.24 bits per heavy atom. The molecule has 0 fully saturated rings.